The van der Waals surface area contributed by atoms with E-state index in [0.29, 0.717) is 34.6 Å². The molecule has 0 radical (unpaired) electrons. The number of aromatic amines is 2. The molecule has 4 aromatic rings. The van der Waals surface area contributed by atoms with Crippen molar-refractivity contribution in [3.05, 3.63) is 63.2 Å². The summed E-state index contributed by atoms with van der Waals surface area (Å²) in [6, 6.07) is 12.3. The van der Waals surface area contributed by atoms with Gasteiger partial charge >= 0.3 is 5.76 Å². The molecule has 0 saturated carbocycles. The van der Waals surface area contributed by atoms with E-state index >= 15 is 0 Å². The number of H-pyrrole nitrogens is 2. The standard InChI is InChI=1S/C22H20BrN5O4/c1-11(2)8-18(29)24-16-5-3-4-12-9-17(25-19(12)16)21(30)26-15-7-6-13(23)10-14(15)20-27-22(31)32-28-20/h3-7,9-11,25H,8H2,1-2H3,(H,24,29)(H,26,30)(H,27,28,31). The Labute approximate surface area is 190 Å². The summed E-state index contributed by atoms with van der Waals surface area (Å²) in [6.07, 6.45) is 0.404. The van der Waals surface area contributed by atoms with Gasteiger partial charge < -0.3 is 15.6 Å². The second-order valence-electron chi connectivity index (χ2n) is 7.69. The average Bonchev–Trinajstić information content (AvgIpc) is 3.35. The van der Waals surface area contributed by atoms with E-state index in [0.717, 1.165) is 9.86 Å². The van der Waals surface area contributed by atoms with Crippen molar-refractivity contribution in [2.24, 2.45) is 5.92 Å². The number of carbonyl (C=O) groups is 2. The molecule has 2 heterocycles. The third-order valence-corrected chi connectivity index (χ3v) is 5.19. The van der Waals surface area contributed by atoms with Gasteiger partial charge in [-0.05, 0) is 36.2 Å². The second kappa shape index (κ2) is 8.83. The third-order valence-electron chi connectivity index (χ3n) is 4.69. The molecule has 0 atom stereocenters. The number of hydrogen-bond donors (Lipinski definition) is 4. The fourth-order valence-electron chi connectivity index (χ4n) is 3.31. The van der Waals surface area contributed by atoms with Crippen molar-refractivity contribution >= 4 is 50.0 Å². The van der Waals surface area contributed by atoms with Crippen LogP contribution in [-0.2, 0) is 4.79 Å². The molecule has 4 rings (SSSR count). The van der Waals surface area contributed by atoms with Gasteiger partial charge in [0, 0.05) is 21.8 Å². The highest BCUT2D eigenvalue weighted by Gasteiger charge is 2.17. The van der Waals surface area contributed by atoms with Crippen molar-refractivity contribution in [2.75, 3.05) is 10.6 Å². The zero-order valence-electron chi connectivity index (χ0n) is 17.3. The maximum Gasteiger partial charge on any atom is 0.439 e. The van der Waals surface area contributed by atoms with Crippen LogP contribution < -0.4 is 16.4 Å². The molecule has 0 saturated heterocycles. The maximum absolute atomic E-state index is 13.0. The van der Waals surface area contributed by atoms with E-state index < -0.39 is 11.7 Å². The number of nitrogens with zero attached hydrogens (tertiary/aromatic N) is 1. The molecular formula is C22H20BrN5O4. The molecule has 9 nitrogen and oxygen atoms in total. The first kappa shape index (κ1) is 21.6. The van der Waals surface area contributed by atoms with Crippen molar-refractivity contribution in [3.63, 3.8) is 0 Å². The number of amides is 2. The van der Waals surface area contributed by atoms with Crippen LogP contribution in [0, 0.1) is 5.92 Å². The summed E-state index contributed by atoms with van der Waals surface area (Å²) >= 11 is 3.37. The molecule has 2 aromatic heterocycles. The number of para-hydroxylation sites is 1. The van der Waals surface area contributed by atoms with Gasteiger partial charge in [0.25, 0.3) is 5.91 Å². The smallest absolute Gasteiger partial charge is 0.349 e. The summed E-state index contributed by atoms with van der Waals surface area (Å²) in [5.74, 6) is -0.749. The summed E-state index contributed by atoms with van der Waals surface area (Å²) in [7, 11) is 0. The molecule has 0 bridgehead atoms. The van der Waals surface area contributed by atoms with E-state index in [1.165, 1.54) is 0 Å². The van der Waals surface area contributed by atoms with E-state index in [4.69, 9.17) is 0 Å². The Kier molecular flexibility index (Phi) is 5.95. The van der Waals surface area contributed by atoms with Gasteiger partial charge in [-0.25, -0.2) is 4.79 Å². The van der Waals surface area contributed by atoms with Gasteiger partial charge in [-0.1, -0.05) is 47.1 Å². The summed E-state index contributed by atoms with van der Waals surface area (Å²) in [6.45, 7) is 3.95. The first-order chi connectivity index (χ1) is 15.3. The number of fused-ring (bicyclic) bond motifs is 1. The number of aromatic nitrogens is 3. The fourth-order valence-corrected chi connectivity index (χ4v) is 3.67. The highest BCUT2D eigenvalue weighted by atomic mass is 79.9. The number of benzene rings is 2. The van der Waals surface area contributed by atoms with Crippen LogP contribution in [-0.4, -0.2) is 26.9 Å². The van der Waals surface area contributed by atoms with Crippen molar-refractivity contribution < 1.29 is 14.1 Å². The Balaban J connectivity index is 1.62. The highest BCUT2D eigenvalue weighted by molar-refractivity contribution is 9.10. The van der Waals surface area contributed by atoms with Gasteiger partial charge in [-0.15, -0.1) is 0 Å². The number of carbonyl (C=O) groups excluding carboxylic acids is 2. The molecule has 0 aliphatic carbocycles. The first-order valence-corrected chi connectivity index (χ1v) is 10.7. The van der Waals surface area contributed by atoms with Gasteiger partial charge in [-0.3, -0.25) is 19.1 Å². The molecular weight excluding hydrogens is 478 g/mol. The number of nitrogens with one attached hydrogen (secondary N) is 4. The molecule has 0 aliphatic rings. The predicted octanol–water partition coefficient (Wildman–Crippen LogP) is 4.51. The van der Waals surface area contributed by atoms with E-state index in [2.05, 4.69) is 46.2 Å². The molecule has 2 amide bonds. The summed E-state index contributed by atoms with van der Waals surface area (Å²) in [4.78, 5) is 42.1. The average molecular weight is 498 g/mol. The lowest BCUT2D eigenvalue weighted by Gasteiger charge is -2.09. The second-order valence-corrected chi connectivity index (χ2v) is 8.60. The van der Waals surface area contributed by atoms with E-state index in [9.17, 15) is 14.4 Å². The van der Waals surface area contributed by atoms with Crippen molar-refractivity contribution in [2.45, 2.75) is 20.3 Å². The minimum absolute atomic E-state index is 0.0887. The van der Waals surface area contributed by atoms with Crippen LogP contribution in [0.5, 0.6) is 0 Å². The normalized spacial score (nSPS) is 11.1. The predicted molar refractivity (Wildman–Crippen MR) is 125 cm³/mol. The van der Waals surface area contributed by atoms with E-state index in [1.54, 1.807) is 30.3 Å². The molecule has 10 heteroatoms. The van der Waals surface area contributed by atoms with Gasteiger partial charge in [0.2, 0.25) is 5.91 Å². The minimum Gasteiger partial charge on any atom is -0.349 e. The highest BCUT2D eigenvalue weighted by Crippen LogP contribution is 2.29. The van der Waals surface area contributed by atoms with Crippen molar-refractivity contribution in [3.8, 4) is 11.4 Å². The van der Waals surface area contributed by atoms with Crippen LogP contribution in [0.4, 0.5) is 11.4 Å². The zero-order valence-corrected chi connectivity index (χ0v) is 18.9. The minimum atomic E-state index is -0.695. The maximum atomic E-state index is 13.0. The monoisotopic (exact) mass is 497 g/mol. The quantitative estimate of drug-likeness (QED) is 0.311. The molecule has 0 unspecified atom stereocenters. The Morgan fingerprint density at radius 1 is 1.09 bits per heavy atom. The summed E-state index contributed by atoms with van der Waals surface area (Å²) < 4.78 is 5.32. The van der Waals surface area contributed by atoms with Gasteiger partial charge in [0.15, 0.2) is 5.82 Å². The van der Waals surface area contributed by atoms with Crippen LogP contribution in [0.1, 0.15) is 30.8 Å². The van der Waals surface area contributed by atoms with Crippen LogP contribution in [0.25, 0.3) is 22.3 Å². The topological polar surface area (TPSA) is 133 Å². The summed E-state index contributed by atoms with van der Waals surface area (Å²) in [5, 5.41) is 10.2. The Morgan fingerprint density at radius 3 is 2.62 bits per heavy atom. The van der Waals surface area contributed by atoms with Crippen LogP contribution in [0.15, 0.2) is 56.3 Å². The Morgan fingerprint density at radius 2 is 1.91 bits per heavy atom. The molecule has 0 spiro atoms. The number of rotatable bonds is 6. The van der Waals surface area contributed by atoms with Gasteiger partial charge in [-0.2, -0.15) is 0 Å². The number of halogens is 1. The fraction of sp³-hybridized carbons (Fsp3) is 0.182. The molecule has 32 heavy (non-hydrogen) atoms. The first-order valence-electron chi connectivity index (χ1n) is 9.89. The molecule has 164 valence electrons. The van der Waals surface area contributed by atoms with Gasteiger partial charge in [0.1, 0.15) is 5.69 Å². The molecule has 2 aromatic carbocycles. The lowest BCUT2D eigenvalue weighted by Crippen LogP contribution is -2.14. The van der Waals surface area contributed by atoms with E-state index in [1.807, 2.05) is 26.0 Å². The Bertz CT molecular complexity index is 1370. The third kappa shape index (κ3) is 4.65. The largest absolute Gasteiger partial charge is 0.439 e. The van der Waals surface area contributed by atoms with Crippen LogP contribution in [0.3, 0.4) is 0 Å². The lowest BCUT2D eigenvalue weighted by molar-refractivity contribution is -0.116. The molecule has 0 aliphatic heterocycles. The number of hydrogen-bond acceptors (Lipinski definition) is 5. The van der Waals surface area contributed by atoms with Crippen molar-refractivity contribution in [1.29, 1.82) is 0 Å². The van der Waals surface area contributed by atoms with Crippen LogP contribution >= 0.6 is 15.9 Å². The zero-order chi connectivity index (χ0) is 22.8. The molecule has 4 N–H and O–H groups in total. The lowest BCUT2D eigenvalue weighted by atomic mass is 10.1. The summed E-state index contributed by atoms with van der Waals surface area (Å²) in [5.41, 5.74) is 2.50. The molecule has 0 fully saturated rings. The SMILES string of the molecule is CC(C)CC(=O)Nc1cccc2cc(C(=O)Nc3ccc(Br)cc3-c3noc(=O)[nH]3)[nH]c12. The van der Waals surface area contributed by atoms with Gasteiger partial charge in [0.05, 0.1) is 16.9 Å². The Hall–Kier alpha value is -3.66. The van der Waals surface area contributed by atoms with E-state index in [-0.39, 0.29) is 17.6 Å². The van der Waals surface area contributed by atoms with Crippen molar-refractivity contribution in [1.82, 2.24) is 15.1 Å². The van der Waals surface area contributed by atoms with Crippen LogP contribution in [0.2, 0.25) is 0 Å². The number of anilines is 2.